The Balaban J connectivity index is 2.64. The summed E-state index contributed by atoms with van der Waals surface area (Å²) in [4.78, 5) is 24.1. The molecule has 0 spiro atoms. The number of esters is 1. The van der Waals surface area contributed by atoms with E-state index in [1.807, 2.05) is 13.8 Å². The molecule has 0 aromatic carbocycles. The molecular weight excluding hydrogens is 242 g/mol. The van der Waals surface area contributed by atoms with E-state index in [1.54, 1.807) is 13.8 Å². The van der Waals surface area contributed by atoms with E-state index in [0.717, 1.165) is 12.8 Å². The van der Waals surface area contributed by atoms with Crippen LogP contribution in [0.5, 0.6) is 0 Å². The lowest BCUT2D eigenvalue weighted by atomic mass is 9.88. The quantitative estimate of drug-likeness (QED) is 0.594. The Morgan fingerprint density at radius 2 is 2.16 bits per heavy atom. The Bertz CT molecular complexity index is 362. The van der Waals surface area contributed by atoms with Crippen LogP contribution in [0, 0.1) is 11.8 Å². The molecule has 4 heteroatoms. The predicted molar refractivity (Wildman–Crippen MR) is 74.5 cm³/mol. The van der Waals surface area contributed by atoms with Crippen molar-refractivity contribution in [2.45, 2.75) is 52.5 Å². The summed E-state index contributed by atoms with van der Waals surface area (Å²) >= 11 is 0. The fourth-order valence-electron chi connectivity index (χ4n) is 2.16. The fraction of sp³-hybridized carbons (Fsp3) is 0.733. The minimum Gasteiger partial charge on any atom is -0.464 e. The molecule has 19 heavy (non-hydrogen) atoms. The van der Waals surface area contributed by atoms with E-state index in [4.69, 9.17) is 4.74 Å². The van der Waals surface area contributed by atoms with Gasteiger partial charge in [0, 0.05) is 6.42 Å². The zero-order valence-corrected chi connectivity index (χ0v) is 12.4. The average Bonchev–Trinajstić information content (AvgIpc) is 2.81. The van der Waals surface area contributed by atoms with Crippen molar-refractivity contribution in [3.63, 3.8) is 0 Å². The number of carbonyl (C=O) groups excluding carboxylic acids is 2. The predicted octanol–water partition coefficient (Wildman–Crippen LogP) is 2.44. The molecular formula is C15H25NO3. The first-order valence-electron chi connectivity index (χ1n) is 7.05. The molecule has 4 nitrogen and oxygen atoms in total. The van der Waals surface area contributed by atoms with Crippen LogP contribution in [0.1, 0.15) is 47.0 Å². The number of nitrogens with one attached hydrogen (secondary N) is 1. The Morgan fingerprint density at radius 3 is 2.63 bits per heavy atom. The van der Waals surface area contributed by atoms with Crippen molar-refractivity contribution in [2.24, 2.45) is 11.8 Å². The van der Waals surface area contributed by atoms with Gasteiger partial charge in [-0.2, -0.15) is 0 Å². The Labute approximate surface area is 115 Å². The second-order valence-corrected chi connectivity index (χ2v) is 5.60. The third-order valence-corrected chi connectivity index (χ3v) is 3.81. The van der Waals surface area contributed by atoms with Crippen LogP contribution >= 0.6 is 0 Å². The highest BCUT2D eigenvalue weighted by Crippen LogP contribution is 2.23. The van der Waals surface area contributed by atoms with Crippen molar-refractivity contribution >= 4 is 11.9 Å². The zero-order valence-electron chi connectivity index (χ0n) is 12.4. The van der Waals surface area contributed by atoms with Crippen molar-refractivity contribution in [1.82, 2.24) is 5.32 Å². The van der Waals surface area contributed by atoms with Crippen LogP contribution in [0.2, 0.25) is 0 Å². The molecule has 2 atom stereocenters. The molecule has 1 aliphatic rings. The van der Waals surface area contributed by atoms with E-state index in [1.165, 1.54) is 0 Å². The van der Waals surface area contributed by atoms with Gasteiger partial charge in [0.1, 0.15) is 5.54 Å². The highest BCUT2D eigenvalue weighted by atomic mass is 16.5. The van der Waals surface area contributed by atoms with Gasteiger partial charge < -0.3 is 10.1 Å². The van der Waals surface area contributed by atoms with E-state index < -0.39 is 5.54 Å². The molecule has 0 aliphatic heterocycles. The molecule has 0 fully saturated rings. The van der Waals surface area contributed by atoms with Crippen molar-refractivity contribution in [3.8, 4) is 0 Å². The summed E-state index contributed by atoms with van der Waals surface area (Å²) in [6.07, 6.45) is 6.68. The topological polar surface area (TPSA) is 55.4 Å². The molecule has 1 aliphatic carbocycles. The molecule has 0 heterocycles. The van der Waals surface area contributed by atoms with Crippen LogP contribution in [-0.4, -0.2) is 24.0 Å². The second-order valence-electron chi connectivity index (χ2n) is 5.60. The lowest BCUT2D eigenvalue weighted by molar-refractivity contribution is -0.154. The molecule has 0 saturated carbocycles. The zero-order chi connectivity index (χ0) is 14.5. The Morgan fingerprint density at radius 1 is 1.47 bits per heavy atom. The number of allylic oxidation sites excluding steroid dienone is 2. The van der Waals surface area contributed by atoms with Gasteiger partial charge in [0.25, 0.3) is 0 Å². The van der Waals surface area contributed by atoms with Crippen LogP contribution in [0.4, 0.5) is 0 Å². The maximum atomic E-state index is 12.1. The number of hydrogen-bond donors (Lipinski definition) is 1. The number of ether oxygens (including phenoxy) is 1. The van der Waals surface area contributed by atoms with Gasteiger partial charge >= 0.3 is 5.97 Å². The first kappa shape index (κ1) is 15.7. The smallest absolute Gasteiger partial charge is 0.331 e. The van der Waals surface area contributed by atoms with Gasteiger partial charge in [-0.05, 0) is 38.5 Å². The largest absolute Gasteiger partial charge is 0.464 e. The van der Waals surface area contributed by atoms with Gasteiger partial charge in [-0.1, -0.05) is 26.0 Å². The molecule has 0 unspecified atom stereocenters. The molecule has 0 aromatic heterocycles. The summed E-state index contributed by atoms with van der Waals surface area (Å²) in [5.41, 5.74) is -0.949. The molecule has 0 bridgehead atoms. The standard InChI is InChI=1S/C15H25NO3/c1-5-19-14(18)15(4,11(2)3)16-13(17)10-12-8-6-7-9-12/h6,8,11-12H,5,7,9-10H2,1-4H3,(H,16,17)/t12-,15+/m0/s1. The fourth-order valence-corrected chi connectivity index (χ4v) is 2.16. The molecule has 1 rings (SSSR count). The van der Waals surface area contributed by atoms with E-state index in [0.29, 0.717) is 18.9 Å². The summed E-state index contributed by atoms with van der Waals surface area (Å²) in [6.45, 7) is 7.64. The average molecular weight is 267 g/mol. The minimum atomic E-state index is -0.949. The normalized spacial score (nSPS) is 21.2. The third kappa shape index (κ3) is 4.08. The minimum absolute atomic E-state index is 0.0189. The van der Waals surface area contributed by atoms with Crippen LogP contribution in [0.25, 0.3) is 0 Å². The SMILES string of the molecule is CCOC(=O)[C@](C)(NC(=O)C[C@H]1C=CCC1)C(C)C. The monoisotopic (exact) mass is 267 g/mol. The van der Waals surface area contributed by atoms with E-state index in [2.05, 4.69) is 17.5 Å². The maximum absolute atomic E-state index is 12.1. The van der Waals surface area contributed by atoms with Crippen molar-refractivity contribution in [1.29, 1.82) is 0 Å². The van der Waals surface area contributed by atoms with Crippen LogP contribution in [0.3, 0.4) is 0 Å². The lowest BCUT2D eigenvalue weighted by Gasteiger charge is -2.32. The first-order valence-corrected chi connectivity index (χ1v) is 7.05. The number of amides is 1. The summed E-state index contributed by atoms with van der Waals surface area (Å²) in [7, 11) is 0. The molecule has 108 valence electrons. The van der Waals surface area contributed by atoms with Gasteiger partial charge in [0.2, 0.25) is 5.91 Å². The van der Waals surface area contributed by atoms with Gasteiger partial charge in [-0.15, -0.1) is 0 Å². The van der Waals surface area contributed by atoms with Gasteiger partial charge in [0.05, 0.1) is 6.61 Å². The van der Waals surface area contributed by atoms with Crippen LogP contribution in [0.15, 0.2) is 12.2 Å². The second kappa shape index (κ2) is 6.73. The van der Waals surface area contributed by atoms with Gasteiger partial charge in [-0.3, -0.25) is 4.79 Å². The number of rotatable bonds is 6. The maximum Gasteiger partial charge on any atom is 0.331 e. The van der Waals surface area contributed by atoms with Gasteiger partial charge in [-0.25, -0.2) is 4.79 Å². The summed E-state index contributed by atoms with van der Waals surface area (Å²) < 4.78 is 5.07. The first-order chi connectivity index (χ1) is 8.90. The van der Waals surface area contributed by atoms with Crippen LogP contribution in [-0.2, 0) is 14.3 Å². The third-order valence-electron chi connectivity index (χ3n) is 3.81. The lowest BCUT2D eigenvalue weighted by Crippen LogP contribution is -2.56. The highest BCUT2D eigenvalue weighted by molar-refractivity contribution is 5.88. The molecule has 0 radical (unpaired) electrons. The Hall–Kier alpha value is -1.32. The van der Waals surface area contributed by atoms with E-state index >= 15 is 0 Å². The van der Waals surface area contributed by atoms with Gasteiger partial charge in [0.15, 0.2) is 0 Å². The van der Waals surface area contributed by atoms with Crippen LogP contribution < -0.4 is 5.32 Å². The molecule has 0 aromatic rings. The van der Waals surface area contributed by atoms with E-state index in [-0.39, 0.29) is 17.8 Å². The summed E-state index contributed by atoms with van der Waals surface area (Å²) in [5, 5.41) is 2.86. The molecule has 0 saturated heterocycles. The summed E-state index contributed by atoms with van der Waals surface area (Å²) in [5.74, 6) is -0.158. The highest BCUT2D eigenvalue weighted by Gasteiger charge is 2.39. The van der Waals surface area contributed by atoms with Crippen molar-refractivity contribution in [2.75, 3.05) is 6.61 Å². The van der Waals surface area contributed by atoms with Crippen molar-refractivity contribution < 1.29 is 14.3 Å². The molecule has 1 N–H and O–H groups in total. The molecule has 1 amide bonds. The van der Waals surface area contributed by atoms with Crippen molar-refractivity contribution in [3.05, 3.63) is 12.2 Å². The summed E-state index contributed by atoms with van der Waals surface area (Å²) in [6, 6.07) is 0. The number of carbonyl (C=O) groups is 2. The number of hydrogen-bond acceptors (Lipinski definition) is 3. The Kier molecular flexibility index (Phi) is 5.58. The van der Waals surface area contributed by atoms with E-state index in [9.17, 15) is 9.59 Å².